The van der Waals surface area contributed by atoms with Gasteiger partial charge in [-0.2, -0.15) is 0 Å². The number of carbonyl (C=O) groups excluding carboxylic acids is 3. The molecule has 1 atom stereocenters. The smallest absolute Gasteiger partial charge is 0.253 e. The first kappa shape index (κ1) is 36.5. The predicted molar refractivity (Wildman–Crippen MR) is 191 cm³/mol. The second-order valence-corrected chi connectivity index (χ2v) is 13.9. The van der Waals surface area contributed by atoms with E-state index in [0.717, 1.165) is 12.8 Å². The number of benzene rings is 2. The summed E-state index contributed by atoms with van der Waals surface area (Å²) in [5.74, 6) is -0.747. The maximum absolute atomic E-state index is 13.3. The standard InChI is InChI=1S/C35H44Cl4N4O3/c1-2-3-4-5-6-7-8-9-10-11-12-13-14-15-16-24-19-32(44)42(35(24)46)26-17-18-27(37)30(22-26)40-31-23-33(45)43(41-31)34-28(38)20-25(36)21-29(34)39/h17-18,20-22,24H,2-16,19,23H2,1H3,(H,40,41). The van der Waals surface area contributed by atoms with Crippen LogP contribution in [-0.4, -0.2) is 23.6 Å². The summed E-state index contributed by atoms with van der Waals surface area (Å²) in [6, 6.07) is 7.82. The zero-order chi connectivity index (χ0) is 33.1. The van der Waals surface area contributed by atoms with Crippen molar-refractivity contribution in [1.82, 2.24) is 5.43 Å². The highest BCUT2D eigenvalue weighted by molar-refractivity contribution is 6.42. The molecule has 46 heavy (non-hydrogen) atoms. The Morgan fingerprint density at radius 2 is 1.30 bits per heavy atom. The normalized spacial score (nSPS) is 17.5. The van der Waals surface area contributed by atoms with Gasteiger partial charge in [0.25, 0.3) is 5.91 Å². The van der Waals surface area contributed by atoms with Crippen molar-refractivity contribution in [2.45, 2.75) is 116 Å². The van der Waals surface area contributed by atoms with Crippen molar-refractivity contribution in [3.8, 4) is 0 Å². The van der Waals surface area contributed by atoms with Crippen molar-refractivity contribution in [3.05, 3.63) is 50.4 Å². The number of nitrogens with one attached hydrogen (secondary N) is 1. The number of amidine groups is 1. The molecule has 3 amide bonds. The molecule has 1 unspecified atom stereocenters. The first-order chi connectivity index (χ1) is 22.2. The summed E-state index contributed by atoms with van der Waals surface area (Å²) in [4.78, 5) is 44.8. The van der Waals surface area contributed by atoms with Gasteiger partial charge in [0.15, 0.2) is 0 Å². The van der Waals surface area contributed by atoms with Gasteiger partial charge in [-0.25, -0.2) is 10.0 Å². The van der Waals surface area contributed by atoms with Crippen molar-refractivity contribution in [1.29, 1.82) is 0 Å². The number of unbranched alkanes of at least 4 members (excludes halogenated alkanes) is 13. The molecular formula is C35H44Cl4N4O3. The van der Waals surface area contributed by atoms with Crippen molar-refractivity contribution in [3.63, 3.8) is 0 Å². The average Bonchev–Trinajstić information content (AvgIpc) is 3.50. The lowest BCUT2D eigenvalue weighted by atomic mass is 9.98. The molecule has 0 saturated carbocycles. The van der Waals surface area contributed by atoms with Crippen LogP contribution in [0.15, 0.2) is 35.3 Å². The number of rotatable bonds is 18. The Hall–Kier alpha value is -2.32. The van der Waals surface area contributed by atoms with Gasteiger partial charge in [0, 0.05) is 17.4 Å². The number of hydrogen-bond donors (Lipinski definition) is 1. The van der Waals surface area contributed by atoms with Crippen LogP contribution in [-0.2, 0) is 14.4 Å². The van der Waals surface area contributed by atoms with Crippen LogP contribution >= 0.6 is 46.4 Å². The van der Waals surface area contributed by atoms with Gasteiger partial charge in [-0.1, -0.05) is 143 Å². The van der Waals surface area contributed by atoms with Crippen molar-refractivity contribution >= 4 is 87.0 Å². The van der Waals surface area contributed by atoms with Gasteiger partial charge in [-0.3, -0.25) is 24.7 Å². The largest absolute Gasteiger partial charge is 0.277 e. The maximum atomic E-state index is 13.3. The Labute approximate surface area is 293 Å². The number of halogens is 4. The van der Waals surface area contributed by atoms with Crippen LogP contribution in [0.1, 0.15) is 116 Å². The molecule has 2 saturated heterocycles. The highest BCUT2D eigenvalue weighted by atomic mass is 35.5. The molecule has 1 N–H and O–H groups in total. The fourth-order valence-electron chi connectivity index (χ4n) is 6.09. The molecule has 2 aromatic rings. The van der Waals surface area contributed by atoms with Gasteiger partial charge < -0.3 is 0 Å². The van der Waals surface area contributed by atoms with Gasteiger partial charge in [-0.05, 0) is 36.8 Å². The van der Waals surface area contributed by atoms with E-state index in [1.54, 1.807) is 18.2 Å². The number of carbonyl (C=O) groups is 3. The predicted octanol–water partition coefficient (Wildman–Crippen LogP) is 11.0. The Balaban J connectivity index is 1.24. The molecule has 250 valence electrons. The molecule has 2 fully saturated rings. The monoisotopic (exact) mass is 708 g/mol. The summed E-state index contributed by atoms with van der Waals surface area (Å²) in [7, 11) is 0. The highest BCUT2D eigenvalue weighted by Gasteiger charge is 2.39. The molecule has 2 aliphatic heterocycles. The third kappa shape index (κ3) is 10.1. The fourth-order valence-corrected chi connectivity index (χ4v) is 7.24. The Kier molecular flexibility index (Phi) is 14.5. The quantitative estimate of drug-likeness (QED) is 0.123. The third-order valence-corrected chi connectivity index (χ3v) is 9.72. The van der Waals surface area contributed by atoms with Gasteiger partial charge >= 0.3 is 0 Å². The van der Waals surface area contributed by atoms with E-state index in [2.05, 4.69) is 17.3 Å². The third-order valence-electron chi connectivity index (χ3n) is 8.60. The average molecular weight is 711 g/mol. The SMILES string of the molecule is CCCCCCCCCCCCCCCCC1CC(=O)N(c2ccc(Cl)c(N=C3CC(=O)N(c4c(Cl)cc(Cl)cc4Cl)N3)c2)C1=O. The molecule has 0 radical (unpaired) electrons. The van der Waals surface area contributed by atoms with Crippen molar-refractivity contribution < 1.29 is 14.4 Å². The van der Waals surface area contributed by atoms with Gasteiger partial charge in [-0.15, -0.1) is 0 Å². The number of aliphatic imine (C=N–C) groups is 1. The zero-order valence-corrected chi connectivity index (χ0v) is 29.6. The summed E-state index contributed by atoms with van der Waals surface area (Å²) in [6.07, 6.45) is 18.7. The van der Waals surface area contributed by atoms with Crippen LogP contribution in [0.3, 0.4) is 0 Å². The van der Waals surface area contributed by atoms with Gasteiger partial charge in [0.1, 0.15) is 11.5 Å². The van der Waals surface area contributed by atoms with E-state index in [-0.39, 0.29) is 52.2 Å². The minimum Gasteiger partial charge on any atom is -0.277 e. The van der Waals surface area contributed by atoms with Crippen molar-refractivity contribution in [2.75, 3.05) is 9.91 Å². The van der Waals surface area contributed by atoms with Crippen LogP contribution in [0.2, 0.25) is 20.1 Å². The number of hydrogen-bond acceptors (Lipinski definition) is 4. The van der Waals surface area contributed by atoms with E-state index in [1.807, 2.05) is 0 Å². The lowest BCUT2D eigenvalue weighted by Gasteiger charge is -2.19. The first-order valence-corrected chi connectivity index (χ1v) is 18.2. The minimum absolute atomic E-state index is 0.0569. The highest BCUT2D eigenvalue weighted by Crippen LogP contribution is 2.38. The van der Waals surface area contributed by atoms with Crippen LogP contribution in [0.4, 0.5) is 17.1 Å². The topological polar surface area (TPSA) is 82.1 Å². The lowest BCUT2D eigenvalue weighted by Crippen LogP contribution is -2.36. The molecule has 2 aliphatic rings. The van der Waals surface area contributed by atoms with Crippen LogP contribution in [0.25, 0.3) is 0 Å². The minimum atomic E-state index is -0.326. The van der Waals surface area contributed by atoms with Crippen LogP contribution < -0.4 is 15.3 Å². The molecule has 0 bridgehead atoms. The fraction of sp³-hybridized carbons (Fsp3) is 0.543. The molecule has 2 heterocycles. The number of hydrazine groups is 1. The number of nitrogens with zero attached hydrogens (tertiary/aromatic N) is 3. The Bertz CT molecular complexity index is 1390. The second kappa shape index (κ2) is 18.3. The summed E-state index contributed by atoms with van der Waals surface area (Å²) < 4.78 is 0. The molecule has 4 rings (SSSR count). The summed E-state index contributed by atoms with van der Waals surface area (Å²) >= 11 is 25.1. The molecule has 0 aliphatic carbocycles. The molecule has 7 nitrogen and oxygen atoms in total. The Morgan fingerprint density at radius 1 is 0.739 bits per heavy atom. The zero-order valence-electron chi connectivity index (χ0n) is 26.6. The van der Waals surface area contributed by atoms with E-state index in [1.165, 1.54) is 99.1 Å². The molecular weight excluding hydrogens is 666 g/mol. The van der Waals surface area contributed by atoms with Gasteiger partial charge in [0.2, 0.25) is 11.8 Å². The molecule has 0 aromatic heterocycles. The summed E-state index contributed by atoms with van der Waals surface area (Å²) in [5.41, 5.74) is 3.92. The van der Waals surface area contributed by atoms with E-state index in [9.17, 15) is 14.4 Å². The number of amides is 3. The summed E-state index contributed by atoms with van der Waals surface area (Å²) in [5, 5.41) is 2.27. The molecule has 11 heteroatoms. The first-order valence-electron chi connectivity index (χ1n) is 16.7. The van der Waals surface area contributed by atoms with E-state index >= 15 is 0 Å². The van der Waals surface area contributed by atoms with Crippen molar-refractivity contribution in [2.24, 2.45) is 10.9 Å². The van der Waals surface area contributed by atoms with Gasteiger partial charge in [0.05, 0.1) is 32.9 Å². The van der Waals surface area contributed by atoms with E-state index < -0.39 is 0 Å². The Morgan fingerprint density at radius 3 is 1.89 bits per heavy atom. The summed E-state index contributed by atoms with van der Waals surface area (Å²) in [6.45, 7) is 2.26. The molecule has 2 aromatic carbocycles. The van der Waals surface area contributed by atoms with Crippen LogP contribution in [0.5, 0.6) is 0 Å². The lowest BCUT2D eigenvalue weighted by molar-refractivity contribution is -0.122. The van der Waals surface area contributed by atoms with E-state index in [0.29, 0.717) is 33.7 Å². The molecule has 0 spiro atoms. The number of anilines is 2. The maximum Gasteiger partial charge on any atom is 0.253 e. The van der Waals surface area contributed by atoms with Crippen LogP contribution in [0, 0.1) is 5.92 Å². The second-order valence-electron chi connectivity index (χ2n) is 12.3. The van der Waals surface area contributed by atoms with E-state index in [4.69, 9.17) is 46.4 Å². The number of imide groups is 1.